The molecule has 0 aliphatic rings. The Kier molecular flexibility index (Phi) is 5.48. The predicted octanol–water partition coefficient (Wildman–Crippen LogP) is 5.74. The summed E-state index contributed by atoms with van der Waals surface area (Å²) in [5, 5.41) is 3.25. The minimum Gasteiger partial charge on any atom is -0.497 e. The first-order valence-electron chi connectivity index (χ1n) is 9.03. The third kappa shape index (κ3) is 3.77. The van der Waals surface area contributed by atoms with Crippen LogP contribution >= 0.6 is 23.2 Å². The molecule has 4 aromatic rings. The monoisotopic (exact) mass is 438 g/mol. The van der Waals surface area contributed by atoms with E-state index < -0.39 is 11.7 Å². The summed E-state index contributed by atoms with van der Waals surface area (Å²) in [6.07, 6.45) is 1.75. The number of rotatable bonds is 5. The first kappa shape index (κ1) is 20.0. The second-order valence-corrected chi connectivity index (χ2v) is 7.38. The number of halogens is 2. The number of nitrogens with one attached hydrogen (secondary N) is 1. The molecule has 0 spiro atoms. The number of anilines is 1. The van der Waals surface area contributed by atoms with Crippen molar-refractivity contribution in [2.75, 3.05) is 12.4 Å². The first-order valence-corrected chi connectivity index (χ1v) is 9.79. The summed E-state index contributed by atoms with van der Waals surface area (Å²) in [6.45, 7) is 0. The van der Waals surface area contributed by atoms with Crippen LogP contribution < -0.4 is 10.1 Å². The molecule has 2 aromatic carbocycles. The lowest BCUT2D eigenvalue weighted by Gasteiger charge is -2.09. The number of methoxy groups -OCH3 is 1. The van der Waals surface area contributed by atoms with Gasteiger partial charge in [-0.2, -0.15) is 0 Å². The van der Waals surface area contributed by atoms with Gasteiger partial charge in [0.1, 0.15) is 11.4 Å². The quantitative estimate of drug-likeness (QED) is 0.319. The highest BCUT2D eigenvalue weighted by molar-refractivity contribution is 6.48. The van der Waals surface area contributed by atoms with E-state index in [9.17, 15) is 9.59 Å². The number of amides is 1. The summed E-state index contributed by atoms with van der Waals surface area (Å²) < 4.78 is 6.90. The van der Waals surface area contributed by atoms with Crippen LogP contribution in [-0.2, 0) is 4.79 Å². The van der Waals surface area contributed by atoms with Crippen molar-refractivity contribution in [3.63, 3.8) is 0 Å². The summed E-state index contributed by atoms with van der Waals surface area (Å²) in [6, 6.07) is 19.4. The molecule has 30 heavy (non-hydrogen) atoms. The molecule has 0 saturated heterocycles. The molecule has 7 heteroatoms. The Hall–Kier alpha value is -3.28. The maximum absolute atomic E-state index is 13.2. The number of carbonyl (C=O) groups excluding carboxylic acids is 2. The van der Waals surface area contributed by atoms with E-state index in [-0.39, 0.29) is 16.4 Å². The maximum Gasteiger partial charge on any atom is 0.298 e. The van der Waals surface area contributed by atoms with Gasteiger partial charge in [0.05, 0.1) is 17.8 Å². The number of Topliss-reactive ketones (excluding diaryl/α,β-unsaturated/α-hetero) is 1. The van der Waals surface area contributed by atoms with Gasteiger partial charge in [0.15, 0.2) is 0 Å². The molecule has 2 heterocycles. The Labute approximate surface area is 182 Å². The van der Waals surface area contributed by atoms with Crippen molar-refractivity contribution in [1.82, 2.24) is 4.40 Å². The van der Waals surface area contributed by atoms with Crippen LogP contribution in [-0.4, -0.2) is 23.2 Å². The van der Waals surface area contributed by atoms with Crippen LogP contribution in [0.25, 0.3) is 16.6 Å². The van der Waals surface area contributed by atoms with Gasteiger partial charge in [0, 0.05) is 22.3 Å². The number of nitrogens with zero attached hydrogens (tertiary/aromatic N) is 1. The van der Waals surface area contributed by atoms with Crippen LogP contribution in [0.5, 0.6) is 5.75 Å². The van der Waals surface area contributed by atoms with Crippen molar-refractivity contribution in [3.05, 3.63) is 88.7 Å². The fraction of sp³-hybridized carbons (Fsp3) is 0.0435. The fourth-order valence-corrected chi connectivity index (χ4v) is 3.56. The van der Waals surface area contributed by atoms with Gasteiger partial charge in [-0.15, -0.1) is 0 Å². The van der Waals surface area contributed by atoms with Gasteiger partial charge in [-0.25, -0.2) is 0 Å². The average Bonchev–Trinajstić information content (AvgIpc) is 3.15. The summed E-state index contributed by atoms with van der Waals surface area (Å²) in [7, 11) is 1.59. The smallest absolute Gasteiger partial charge is 0.298 e. The van der Waals surface area contributed by atoms with E-state index in [2.05, 4.69) is 5.32 Å². The van der Waals surface area contributed by atoms with Gasteiger partial charge in [-0.1, -0.05) is 41.4 Å². The van der Waals surface area contributed by atoms with Crippen LogP contribution in [0.15, 0.2) is 72.9 Å². The zero-order valence-electron chi connectivity index (χ0n) is 15.9. The Morgan fingerprint density at radius 3 is 2.47 bits per heavy atom. The molecule has 0 fully saturated rings. The van der Waals surface area contributed by atoms with Crippen LogP contribution in [0.2, 0.25) is 10.0 Å². The van der Waals surface area contributed by atoms with Gasteiger partial charge in [-0.3, -0.25) is 9.59 Å². The van der Waals surface area contributed by atoms with Crippen LogP contribution in [0.1, 0.15) is 10.5 Å². The van der Waals surface area contributed by atoms with E-state index in [0.29, 0.717) is 16.3 Å². The van der Waals surface area contributed by atoms with Gasteiger partial charge < -0.3 is 14.5 Å². The zero-order chi connectivity index (χ0) is 21.3. The third-order valence-electron chi connectivity index (χ3n) is 4.68. The molecule has 0 bridgehead atoms. The SMILES string of the molecule is COc1ccc(-c2cc3ccccn3c2C(=O)C(=O)Nc2cc(Cl)ccc2Cl)cc1. The van der Waals surface area contributed by atoms with Crippen LogP contribution in [0.3, 0.4) is 0 Å². The van der Waals surface area contributed by atoms with E-state index in [1.807, 2.05) is 30.3 Å². The number of aromatic nitrogens is 1. The van der Waals surface area contributed by atoms with Crippen LogP contribution in [0.4, 0.5) is 5.69 Å². The highest BCUT2D eigenvalue weighted by atomic mass is 35.5. The standard InChI is InChI=1S/C23H16Cl2N2O3/c1-30-17-8-5-14(6-9-17)18-13-16-4-2-3-11-27(16)21(18)22(28)23(29)26-20-12-15(24)7-10-19(20)25/h2-13H,1H3,(H,26,29). The molecule has 1 amide bonds. The van der Waals surface area contributed by atoms with E-state index >= 15 is 0 Å². The van der Waals surface area contributed by atoms with Crippen molar-refractivity contribution in [2.45, 2.75) is 0 Å². The molecule has 0 saturated carbocycles. The number of benzene rings is 2. The highest BCUT2D eigenvalue weighted by Gasteiger charge is 2.25. The number of pyridine rings is 1. The van der Waals surface area contributed by atoms with E-state index in [0.717, 1.165) is 11.1 Å². The maximum atomic E-state index is 13.2. The molecular formula is C23H16Cl2N2O3. The molecule has 0 aliphatic heterocycles. The molecule has 150 valence electrons. The number of carbonyl (C=O) groups is 2. The lowest BCUT2D eigenvalue weighted by molar-refractivity contribution is -0.112. The van der Waals surface area contributed by atoms with Gasteiger partial charge in [0.2, 0.25) is 0 Å². The number of ketones is 1. The Bertz CT molecular complexity index is 1260. The van der Waals surface area contributed by atoms with E-state index in [1.54, 1.807) is 48.0 Å². The Balaban J connectivity index is 1.77. The second kappa shape index (κ2) is 8.22. The molecule has 0 radical (unpaired) electrons. The zero-order valence-corrected chi connectivity index (χ0v) is 17.4. The second-order valence-electron chi connectivity index (χ2n) is 6.54. The summed E-state index contributed by atoms with van der Waals surface area (Å²) >= 11 is 12.1. The van der Waals surface area contributed by atoms with Crippen molar-refractivity contribution in [3.8, 4) is 16.9 Å². The summed E-state index contributed by atoms with van der Waals surface area (Å²) in [5.41, 5.74) is 2.75. The first-order chi connectivity index (χ1) is 14.5. The largest absolute Gasteiger partial charge is 0.497 e. The molecule has 0 aliphatic carbocycles. The minimum absolute atomic E-state index is 0.256. The van der Waals surface area contributed by atoms with E-state index in [4.69, 9.17) is 27.9 Å². The van der Waals surface area contributed by atoms with Crippen molar-refractivity contribution in [1.29, 1.82) is 0 Å². The summed E-state index contributed by atoms with van der Waals surface area (Å²) in [5.74, 6) is -0.801. The normalized spacial score (nSPS) is 10.8. The van der Waals surface area contributed by atoms with Gasteiger partial charge in [0.25, 0.3) is 11.7 Å². The molecule has 4 rings (SSSR count). The van der Waals surface area contributed by atoms with Gasteiger partial charge >= 0.3 is 0 Å². The minimum atomic E-state index is -0.808. The topological polar surface area (TPSA) is 59.8 Å². The van der Waals surface area contributed by atoms with Crippen molar-refractivity contribution >= 4 is 46.1 Å². The molecule has 2 aromatic heterocycles. The molecule has 1 N–H and O–H groups in total. The fourth-order valence-electron chi connectivity index (χ4n) is 3.23. The Morgan fingerprint density at radius 2 is 1.73 bits per heavy atom. The lowest BCUT2D eigenvalue weighted by Crippen LogP contribution is -2.24. The highest BCUT2D eigenvalue weighted by Crippen LogP contribution is 2.31. The molecular weight excluding hydrogens is 423 g/mol. The van der Waals surface area contributed by atoms with Gasteiger partial charge in [-0.05, 0) is 54.1 Å². The number of fused-ring (bicyclic) bond motifs is 1. The number of hydrogen-bond acceptors (Lipinski definition) is 3. The number of ether oxygens (including phenoxy) is 1. The third-order valence-corrected chi connectivity index (χ3v) is 5.24. The summed E-state index contributed by atoms with van der Waals surface area (Å²) in [4.78, 5) is 26.0. The van der Waals surface area contributed by atoms with Crippen molar-refractivity contribution in [2.24, 2.45) is 0 Å². The lowest BCUT2D eigenvalue weighted by atomic mass is 10.0. The van der Waals surface area contributed by atoms with E-state index in [1.165, 1.54) is 6.07 Å². The predicted molar refractivity (Wildman–Crippen MR) is 119 cm³/mol. The number of hydrogen-bond donors (Lipinski definition) is 1. The molecule has 0 atom stereocenters. The Morgan fingerprint density at radius 1 is 0.967 bits per heavy atom. The molecule has 0 unspecified atom stereocenters. The average molecular weight is 439 g/mol. The van der Waals surface area contributed by atoms with Crippen molar-refractivity contribution < 1.29 is 14.3 Å². The molecule has 5 nitrogen and oxygen atoms in total. The van der Waals surface area contributed by atoms with Crippen LogP contribution in [0, 0.1) is 0 Å².